The van der Waals surface area contributed by atoms with Crippen molar-refractivity contribution in [2.45, 2.75) is 32.6 Å². The van der Waals surface area contributed by atoms with E-state index in [-0.39, 0.29) is 0 Å². The fourth-order valence-corrected chi connectivity index (χ4v) is 3.79. The Morgan fingerprint density at radius 1 is 1.19 bits per heavy atom. The first-order valence-corrected chi connectivity index (χ1v) is 8.47. The molecule has 21 heavy (non-hydrogen) atoms. The van der Waals surface area contributed by atoms with Crippen LogP contribution in [-0.4, -0.2) is 17.4 Å². The average molecular weight is 303 g/mol. The highest BCUT2D eigenvalue weighted by atomic mass is 35.5. The van der Waals surface area contributed by atoms with E-state index in [0.29, 0.717) is 11.8 Å². The summed E-state index contributed by atoms with van der Waals surface area (Å²) < 4.78 is 0. The molecule has 2 unspecified atom stereocenters. The maximum absolute atomic E-state index is 6.12. The summed E-state index contributed by atoms with van der Waals surface area (Å²) in [5, 5.41) is 4.77. The fraction of sp³-hybridized carbons (Fsp3) is 0.500. The van der Waals surface area contributed by atoms with Crippen LogP contribution in [0.15, 0.2) is 30.3 Å². The van der Waals surface area contributed by atoms with Crippen molar-refractivity contribution < 1.29 is 0 Å². The van der Waals surface area contributed by atoms with Gasteiger partial charge in [0.05, 0.1) is 5.52 Å². The molecule has 1 heterocycles. The van der Waals surface area contributed by atoms with Gasteiger partial charge in [-0.2, -0.15) is 0 Å². The molecule has 1 saturated carbocycles. The third-order valence-electron chi connectivity index (χ3n) is 4.71. The smallest absolute Gasteiger partial charge is 0.129 e. The number of pyridine rings is 1. The number of halogens is 1. The van der Waals surface area contributed by atoms with Crippen molar-refractivity contribution >= 4 is 28.3 Å². The zero-order valence-electron chi connectivity index (χ0n) is 12.6. The van der Waals surface area contributed by atoms with Gasteiger partial charge in [-0.05, 0) is 49.3 Å². The predicted octanol–water partition coefficient (Wildman–Crippen LogP) is 5.00. The molecule has 112 valence electrons. The molecular formula is C18H23ClN2. The Hall–Kier alpha value is -1.28. The van der Waals surface area contributed by atoms with Crippen LogP contribution in [0.4, 0.5) is 5.82 Å². The Bertz CT molecular complexity index is 611. The molecule has 0 radical (unpaired) electrons. The van der Waals surface area contributed by atoms with Crippen molar-refractivity contribution in [3.05, 3.63) is 35.9 Å². The Kier molecular flexibility index (Phi) is 4.64. The number of anilines is 1. The van der Waals surface area contributed by atoms with Crippen LogP contribution in [0.2, 0.25) is 0 Å². The number of benzene rings is 1. The van der Waals surface area contributed by atoms with Gasteiger partial charge in [0.25, 0.3) is 0 Å². The lowest BCUT2D eigenvalue weighted by Crippen LogP contribution is -2.27. The largest absolute Gasteiger partial charge is 0.370 e. The van der Waals surface area contributed by atoms with E-state index < -0.39 is 0 Å². The van der Waals surface area contributed by atoms with Crippen molar-refractivity contribution in [2.24, 2.45) is 11.8 Å². The summed E-state index contributed by atoms with van der Waals surface area (Å²) in [6.07, 6.45) is 5.24. The third kappa shape index (κ3) is 3.32. The number of aromatic nitrogens is 1. The van der Waals surface area contributed by atoms with Crippen LogP contribution in [-0.2, 0) is 0 Å². The summed E-state index contributed by atoms with van der Waals surface area (Å²) in [5.74, 6) is 3.15. The van der Waals surface area contributed by atoms with E-state index in [2.05, 4.69) is 36.5 Å². The Labute approximate surface area is 131 Å². The molecule has 3 heteroatoms. The molecule has 1 aromatic heterocycles. The molecule has 1 fully saturated rings. The van der Waals surface area contributed by atoms with Gasteiger partial charge in [0.1, 0.15) is 5.82 Å². The number of rotatable bonds is 4. The zero-order valence-corrected chi connectivity index (χ0v) is 13.4. The van der Waals surface area contributed by atoms with Gasteiger partial charge in [0, 0.05) is 17.8 Å². The van der Waals surface area contributed by atoms with Gasteiger partial charge in [-0.3, -0.25) is 0 Å². The number of alkyl halides is 1. The number of aryl methyl sites for hydroxylation is 1. The summed E-state index contributed by atoms with van der Waals surface area (Å²) in [6.45, 7) is 3.12. The first-order valence-electron chi connectivity index (χ1n) is 7.94. The summed E-state index contributed by atoms with van der Waals surface area (Å²) in [5.41, 5.74) is 2.27. The number of nitrogens with zero attached hydrogens (tertiary/aromatic N) is 1. The van der Waals surface area contributed by atoms with Gasteiger partial charge < -0.3 is 5.32 Å². The molecular weight excluding hydrogens is 280 g/mol. The van der Waals surface area contributed by atoms with Crippen LogP contribution >= 0.6 is 11.6 Å². The molecule has 3 rings (SSSR count). The van der Waals surface area contributed by atoms with E-state index in [4.69, 9.17) is 16.6 Å². The summed E-state index contributed by atoms with van der Waals surface area (Å²) in [6, 6.07) is 10.5. The van der Waals surface area contributed by atoms with Crippen molar-refractivity contribution in [1.82, 2.24) is 4.98 Å². The van der Waals surface area contributed by atoms with Crippen LogP contribution in [0.5, 0.6) is 0 Å². The molecule has 2 nitrogen and oxygen atoms in total. The molecule has 1 aliphatic rings. The monoisotopic (exact) mass is 302 g/mol. The van der Waals surface area contributed by atoms with E-state index in [9.17, 15) is 0 Å². The SMILES string of the molecule is Cc1cc2ccccc2nc1NCC1CCCCC1CCl. The van der Waals surface area contributed by atoms with Crippen LogP contribution < -0.4 is 5.32 Å². The lowest BCUT2D eigenvalue weighted by Gasteiger charge is -2.30. The van der Waals surface area contributed by atoms with Crippen LogP contribution in [0.3, 0.4) is 0 Å². The third-order valence-corrected chi connectivity index (χ3v) is 5.11. The number of nitrogens with one attached hydrogen (secondary N) is 1. The molecule has 1 N–H and O–H groups in total. The highest BCUT2D eigenvalue weighted by Gasteiger charge is 2.24. The molecule has 0 saturated heterocycles. The number of fused-ring (bicyclic) bond motifs is 1. The maximum atomic E-state index is 6.12. The first kappa shape index (κ1) is 14.6. The molecule has 0 amide bonds. The lowest BCUT2D eigenvalue weighted by molar-refractivity contribution is 0.272. The Morgan fingerprint density at radius 2 is 1.95 bits per heavy atom. The van der Waals surface area contributed by atoms with Gasteiger partial charge >= 0.3 is 0 Å². The van der Waals surface area contributed by atoms with Gasteiger partial charge in [-0.15, -0.1) is 11.6 Å². The maximum Gasteiger partial charge on any atom is 0.129 e. The number of hydrogen-bond acceptors (Lipinski definition) is 2. The number of para-hydroxylation sites is 1. The fourth-order valence-electron chi connectivity index (χ4n) is 3.38. The van der Waals surface area contributed by atoms with E-state index in [0.717, 1.165) is 23.8 Å². The van der Waals surface area contributed by atoms with Crippen molar-refractivity contribution in [3.8, 4) is 0 Å². The average Bonchev–Trinajstić information content (AvgIpc) is 2.53. The van der Waals surface area contributed by atoms with Crippen molar-refractivity contribution in [2.75, 3.05) is 17.7 Å². The van der Waals surface area contributed by atoms with Gasteiger partial charge in [0.2, 0.25) is 0 Å². The normalized spacial score (nSPS) is 22.4. The molecule has 1 aliphatic carbocycles. The lowest BCUT2D eigenvalue weighted by atomic mass is 9.80. The Morgan fingerprint density at radius 3 is 2.76 bits per heavy atom. The van der Waals surface area contributed by atoms with Crippen LogP contribution in [0, 0.1) is 18.8 Å². The van der Waals surface area contributed by atoms with E-state index in [1.165, 1.54) is 36.6 Å². The second kappa shape index (κ2) is 6.65. The van der Waals surface area contributed by atoms with Crippen molar-refractivity contribution in [1.29, 1.82) is 0 Å². The summed E-state index contributed by atoms with van der Waals surface area (Å²) in [4.78, 5) is 4.77. The van der Waals surface area contributed by atoms with Gasteiger partial charge in [-0.25, -0.2) is 4.98 Å². The topological polar surface area (TPSA) is 24.9 Å². The van der Waals surface area contributed by atoms with Gasteiger partial charge in [-0.1, -0.05) is 31.0 Å². The summed E-state index contributed by atoms with van der Waals surface area (Å²) in [7, 11) is 0. The molecule has 1 aromatic carbocycles. The standard InChI is InChI=1S/C18H23ClN2/c1-13-10-14-6-4-5-9-17(14)21-18(13)20-12-16-8-3-2-7-15(16)11-19/h4-6,9-10,15-16H,2-3,7-8,11-12H2,1H3,(H,20,21). The highest BCUT2D eigenvalue weighted by Crippen LogP contribution is 2.31. The molecule has 0 bridgehead atoms. The second-order valence-corrected chi connectivity index (χ2v) is 6.50. The van der Waals surface area contributed by atoms with E-state index in [1.807, 2.05) is 6.07 Å². The second-order valence-electron chi connectivity index (χ2n) is 6.19. The molecule has 0 spiro atoms. The minimum atomic E-state index is 0.661. The highest BCUT2D eigenvalue weighted by molar-refractivity contribution is 6.18. The minimum absolute atomic E-state index is 0.661. The summed E-state index contributed by atoms with van der Waals surface area (Å²) >= 11 is 6.12. The predicted molar refractivity (Wildman–Crippen MR) is 91.1 cm³/mol. The zero-order chi connectivity index (χ0) is 14.7. The van der Waals surface area contributed by atoms with Crippen LogP contribution in [0.1, 0.15) is 31.2 Å². The minimum Gasteiger partial charge on any atom is -0.370 e. The quantitative estimate of drug-likeness (QED) is 0.804. The van der Waals surface area contributed by atoms with E-state index >= 15 is 0 Å². The Balaban J connectivity index is 1.73. The van der Waals surface area contributed by atoms with Crippen molar-refractivity contribution in [3.63, 3.8) is 0 Å². The number of hydrogen-bond donors (Lipinski definition) is 1. The van der Waals surface area contributed by atoms with Gasteiger partial charge in [0.15, 0.2) is 0 Å². The molecule has 2 aromatic rings. The first-order chi connectivity index (χ1) is 10.3. The molecule has 2 atom stereocenters. The van der Waals surface area contributed by atoms with E-state index in [1.54, 1.807) is 0 Å². The van der Waals surface area contributed by atoms with Crippen LogP contribution in [0.25, 0.3) is 10.9 Å². The molecule has 0 aliphatic heterocycles.